The zero-order chi connectivity index (χ0) is 13.8. The van der Waals surface area contributed by atoms with Crippen LogP contribution < -0.4 is 11.1 Å². The molecule has 0 fully saturated rings. The van der Waals surface area contributed by atoms with Crippen molar-refractivity contribution in [3.63, 3.8) is 0 Å². The van der Waals surface area contributed by atoms with Gasteiger partial charge in [0.1, 0.15) is 10.4 Å². The van der Waals surface area contributed by atoms with E-state index in [1.807, 2.05) is 19.1 Å². The predicted octanol–water partition coefficient (Wildman–Crippen LogP) is 2.41. The molecule has 2 aromatic heterocycles. The number of aromatic nitrogens is 1. The van der Waals surface area contributed by atoms with E-state index in [0.717, 1.165) is 17.5 Å². The van der Waals surface area contributed by atoms with Crippen molar-refractivity contribution >= 4 is 33.1 Å². The van der Waals surface area contributed by atoms with Crippen LogP contribution in [0.3, 0.4) is 0 Å². The number of carbonyl (C=O) groups is 1. The number of carbonyl (C=O) groups excluding carboxylic acids is 1. The minimum absolute atomic E-state index is 0.225. The third-order valence-electron chi connectivity index (χ3n) is 2.77. The summed E-state index contributed by atoms with van der Waals surface area (Å²) in [7, 11) is 0. The largest absolute Gasteiger partial charge is 0.396 e. The molecule has 19 heavy (non-hydrogen) atoms. The molecule has 2 rings (SSSR count). The Morgan fingerprint density at radius 1 is 1.68 bits per heavy atom. The number of nitrogens with one attached hydrogen (secondary N) is 1. The monoisotopic (exact) mass is 273 g/mol. The van der Waals surface area contributed by atoms with Crippen molar-refractivity contribution in [2.75, 3.05) is 5.73 Å². The summed E-state index contributed by atoms with van der Waals surface area (Å²) < 4.78 is 0.901. The van der Waals surface area contributed by atoms with Gasteiger partial charge in [-0.05, 0) is 18.6 Å². The molecule has 3 N–H and O–H groups in total. The van der Waals surface area contributed by atoms with Crippen LogP contribution in [0.5, 0.6) is 0 Å². The number of nitrogens with two attached hydrogens (primary N) is 1. The standard InChI is InChI=1S/C14H15N3OS/c1-3-6-9(4-2)17-14(18)13-11(15)12-10(19-13)7-5-8-16-12/h2,5,7-9H,3,6,15H2,1H3,(H,17,18). The van der Waals surface area contributed by atoms with Crippen molar-refractivity contribution in [2.24, 2.45) is 0 Å². The van der Waals surface area contributed by atoms with E-state index in [1.165, 1.54) is 11.3 Å². The van der Waals surface area contributed by atoms with Gasteiger partial charge in [0.2, 0.25) is 0 Å². The van der Waals surface area contributed by atoms with E-state index in [-0.39, 0.29) is 11.9 Å². The molecule has 2 aromatic rings. The van der Waals surface area contributed by atoms with Gasteiger partial charge in [0.05, 0.1) is 16.4 Å². The number of thiophene rings is 1. The molecule has 0 spiro atoms. The van der Waals surface area contributed by atoms with Crippen LogP contribution in [0, 0.1) is 12.3 Å². The maximum absolute atomic E-state index is 12.2. The van der Waals surface area contributed by atoms with Crippen LogP contribution in [0.4, 0.5) is 5.69 Å². The van der Waals surface area contributed by atoms with Crippen LogP contribution in [0.15, 0.2) is 18.3 Å². The van der Waals surface area contributed by atoms with Gasteiger partial charge in [-0.3, -0.25) is 9.78 Å². The third-order valence-corrected chi connectivity index (χ3v) is 3.93. The second-order valence-corrected chi connectivity index (χ2v) is 5.23. The molecule has 0 aliphatic rings. The number of pyridine rings is 1. The molecule has 5 heteroatoms. The highest BCUT2D eigenvalue weighted by Gasteiger charge is 2.18. The lowest BCUT2D eigenvalue weighted by Gasteiger charge is -2.11. The van der Waals surface area contributed by atoms with Gasteiger partial charge in [-0.15, -0.1) is 17.8 Å². The van der Waals surface area contributed by atoms with Crippen molar-refractivity contribution < 1.29 is 4.79 Å². The Morgan fingerprint density at radius 3 is 3.11 bits per heavy atom. The highest BCUT2D eigenvalue weighted by atomic mass is 32.1. The second-order valence-electron chi connectivity index (χ2n) is 4.18. The fourth-order valence-corrected chi connectivity index (χ4v) is 2.81. The summed E-state index contributed by atoms with van der Waals surface area (Å²) >= 11 is 1.33. The molecule has 1 amide bonds. The van der Waals surface area contributed by atoms with Crippen molar-refractivity contribution in [3.8, 4) is 12.3 Å². The molecule has 0 saturated heterocycles. The van der Waals surface area contributed by atoms with Gasteiger partial charge in [0.25, 0.3) is 5.91 Å². The Morgan fingerprint density at radius 2 is 2.47 bits per heavy atom. The third kappa shape index (κ3) is 2.69. The van der Waals surface area contributed by atoms with Crippen LogP contribution in [0.2, 0.25) is 0 Å². The first kappa shape index (κ1) is 13.4. The Balaban J connectivity index is 2.27. The molecule has 98 valence electrons. The first-order chi connectivity index (χ1) is 9.17. The average Bonchev–Trinajstić information content (AvgIpc) is 2.76. The number of hydrogen-bond donors (Lipinski definition) is 2. The van der Waals surface area contributed by atoms with Gasteiger partial charge < -0.3 is 11.1 Å². The second kappa shape index (κ2) is 5.72. The average molecular weight is 273 g/mol. The van der Waals surface area contributed by atoms with Crippen molar-refractivity contribution in [3.05, 3.63) is 23.2 Å². The van der Waals surface area contributed by atoms with Crippen molar-refractivity contribution in [1.82, 2.24) is 10.3 Å². The van der Waals surface area contributed by atoms with Gasteiger partial charge in [-0.25, -0.2) is 0 Å². The van der Waals surface area contributed by atoms with Crippen LogP contribution in [-0.2, 0) is 0 Å². The molecule has 0 saturated carbocycles. The molecule has 1 atom stereocenters. The summed E-state index contributed by atoms with van der Waals surface area (Å²) in [6.07, 6.45) is 8.73. The fraction of sp³-hybridized carbons (Fsp3) is 0.286. The molecule has 0 aliphatic heterocycles. The Labute approximate surface area is 116 Å². The maximum atomic E-state index is 12.2. The SMILES string of the molecule is C#CC(CCC)NC(=O)c1sc2cccnc2c1N. The van der Waals surface area contributed by atoms with Crippen molar-refractivity contribution in [1.29, 1.82) is 0 Å². The highest BCUT2D eigenvalue weighted by molar-refractivity contribution is 7.21. The number of nitrogen functional groups attached to an aromatic ring is 1. The zero-order valence-corrected chi connectivity index (χ0v) is 11.5. The normalized spacial score (nSPS) is 12.0. The minimum atomic E-state index is -0.255. The number of hydrogen-bond acceptors (Lipinski definition) is 4. The summed E-state index contributed by atoms with van der Waals surface area (Å²) in [5.74, 6) is 2.35. The molecule has 0 aliphatic carbocycles. The van der Waals surface area contributed by atoms with Crippen molar-refractivity contribution in [2.45, 2.75) is 25.8 Å². The lowest BCUT2D eigenvalue weighted by atomic mass is 10.2. The topological polar surface area (TPSA) is 68.0 Å². The molecule has 4 nitrogen and oxygen atoms in total. The van der Waals surface area contributed by atoms with Crippen LogP contribution >= 0.6 is 11.3 Å². The number of nitrogens with zero attached hydrogens (tertiary/aromatic N) is 1. The highest BCUT2D eigenvalue weighted by Crippen LogP contribution is 2.31. The van der Waals surface area contributed by atoms with Gasteiger partial charge in [0, 0.05) is 6.20 Å². The predicted molar refractivity (Wildman–Crippen MR) is 79.0 cm³/mol. The Hall–Kier alpha value is -2.06. The summed E-state index contributed by atoms with van der Waals surface area (Å²) in [6.45, 7) is 2.02. The minimum Gasteiger partial charge on any atom is -0.396 e. The number of anilines is 1. The zero-order valence-electron chi connectivity index (χ0n) is 10.6. The van der Waals surface area contributed by atoms with E-state index in [2.05, 4.69) is 16.2 Å². The van der Waals surface area contributed by atoms with Gasteiger partial charge in [0.15, 0.2) is 0 Å². The number of amides is 1. The fourth-order valence-electron chi connectivity index (χ4n) is 1.83. The van der Waals surface area contributed by atoms with Gasteiger partial charge in [-0.2, -0.15) is 0 Å². The van der Waals surface area contributed by atoms with Crippen LogP contribution in [-0.4, -0.2) is 16.9 Å². The van der Waals surface area contributed by atoms with E-state index in [0.29, 0.717) is 16.1 Å². The first-order valence-corrected chi connectivity index (χ1v) is 6.89. The molecule has 0 aromatic carbocycles. The Bertz CT molecular complexity index is 642. The summed E-state index contributed by atoms with van der Waals surface area (Å²) in [5.41, 5.74) is 7.06. The first-order valence-electron chi connectivity index (χ1n) is 6.07. The number of fused-ring (bicyclic) bond motifs is 1. The maximum Gasteiger partial charge on any atom is 0.264 e. The molecule has 2 heterocycles. The summed E-state index contributed by atoms with van der Waals surface area (Å²) in [6, 6.07) is 3.46. The van der Waals surface area contributed by atoms with Gasteiger partial charge in [-0.1, -0.05) is 19.3 Å². The van der Waals surface area contributed by atoms with Crippen LogP contribution in [0.1, 0.15) is 29.4 Å². The van der Waals surface area contributed by atoms with E-state index >= 15 is 0 Å². The molecule has 1 unspecified atom stereocenters. The van der Waals surface area contributed by atoms with Crippen LogP contribution in [0.25, 0.3) is 10.2 Å². The molecule has 0 radical (unpaired) electrons. The van der Waals surface area contributed by atoms with E-state index < -0.39 is 0 Å². The molecular weight excluding hydrogens is 258 g/mol. The van der Waals surface area contributed by atoms with E-state index in [1.54, 1.807) is 6.20 Å². The number of terminal acetylenes is 1. The van der Waals surface area contributed by atoms with Gasteiger partial charge >= 0.3 is 0 Å². The molecule has 0 bridgehead atoms. The molecular formula is C14H15N3OS. The smallest absolute Gasteiger partial charge is 0.264 e. The lowest BCUT2D eigenvalue weighted by Crippen LogP contribution is -2.33. The van der Waals surface area contributed by atoms with E-state index in [4.69, 9.17) is 12.2 Å². The quantitative estimate of drug-likeness (QED) is 0.841. The summed E-state index contributed by atoms with van der Waals surface area (Å²) in [4.78, 5) is 16.8. The number of rotatable bonds is 4. The lowest BCUT2D eigenvalue weighted by molar-refractivity contribution is 0.0949. The van der Waals surface area contributed by atoms with E-state index in [9.17, 15) is 4.79 Å². The Kier molecular flexibility index (Phi) is 4.03. The summed E-state index contributed by atoms with van der Waals surface area (Å²) in [5, 5.41) is 2.81.